The zero-order chi connectivity index (χ0) is 14.5. The van der Waals surface area contributed by atoms with Gasteiger partial charge in [-0.3, -0.25) is 10.1 Å². The van der Waals surface area contributed by atoms with Crippen molar-refractivity contribution >= 4 is 11.7 Å². The number of carbonyl (C=O) groups is 1. The number of carboxylic acid groups (broad SMARTS) is 1. The van der Waals surface area contributed by atoms with Gasteiger partial charge in [0, 0.05) is 12.1 Å². The summed E-state index contributed by atoms with van der Waals surface area (Å²) >= 11 is 0. The van der Waals surface area contributed by atoms with E-state index >= 15 is 0 Å². The highest BCUT2D eigenvalue weighted by Gasteiger charge is 2.20. The molecule has 0 aliphatic heterocycles. The predicted octanol–water partition coefficient (Wildman–Crippen LogP) is 3.25. The second-order valence-electron chi connectivity index (χ2n) is 5.06. The number of rotatable bonds is 5. The highest BCUT2D eigenvalue weighted by Crippen LogP contribution is 2.30. The van der Waals surface area contributed by atoms with Crippen molar-refractivity contribution < 1.29 is 19.6 Å². The minimum absolute atomic E-state index is 0.00533. The van der Waals surface area contributed by atoms with Gasteiger partial charge in [0.05, 0.1) is 17.1 Å². The normalized spacial score (nSPS) is 15.8. The number of hydrogen-bond acceptors (Lipinski definition) is 4. The van der Waals surface area contributed by atoms with E-state index in [9.17, 15) is 14.9 Å². The number of benzene rings is 1. The van der Waals surface area contributed by atoms with Gasteiger partial charge in [0.25, 0.3) is 0 Å². The maximum atomic E-state index is 10.9. The van der Waals surface area contributed by atoms with Gasteiger partial charge in [0.15, 0.2) is 5.75 Å². The molecule has 0 saturated heterocycles. The first-order chi connectivity index (χ1) is 9.58. The Bertz CT molecular complexity index is 508. The van der Waals surface area contributed by atoms with E-state index in [4.69, 9.17) is 9.84 Å². The largest absolute Gasteiger partial charge is 0.487 e. The van der Waals surface area contributed by atoms with Crippen LogP contribution in [0.5, 0.6) is 5.75 Å². The number of nitrogens with zero attached hydrogens (tertiary/aromatic N) is 1. The number of aromatic carboxylic acids is 1. The maximum absolute atomic E-state index is 10.9. The third-order valence-electron chi connectivity index (χ3n) is 3.60. The van der Waals surface area contributed by atoms with Crippen LogP contribution >= 0.6 is 0 Å². The summed E-state index contributed by atoms with van der Waals surface area (Å²) < 4.78 is 5.52. The summed E-state index contributed by atoms with van der Waals surface area (Å²) in [5.74, 6) is -0.681. The van der Waals surface area contributed by atoms with Crippen LogP contribution in [0.3, 0.4) is 0 Å². The summed E-state index contributed by atoms with van der Waals surface area (Å²) in [6.45, 7) is 0.407. The molecule has 0 spiro atoms. The second-order valence-corrected chi connectivity index (χ2v) is 5.06. The van der Waals surface area contributed by atoms with E-state index in [1.54, 1.807) is 0 Å². The molecule has 1 aliphatic carbocycles. The van der Waals surface area contributed by atoms with Crippen LogP contribution in [0.15, 0.2) is 18.2 Å². The third kappa shape index (κ3) is 3.46. The average Bonchev–Trinajstić information content (AvgIpc) is 2.45. The van der Waals surface area contributed by atoms with Crippen molar-refractivity contribution in [1.29, 1.82) is 0 Å². The molecule has 108 valence electrons. The van der Waals surface area contributed by atoms with E-state index < -0.39 is 10.9 Å². The summed E-state index contributed by atoms with van der Waals surface area (Å²) in [4.78, 5) is 21.3. The van der Waals surface area contributed by atoms with Crippen LogP contribution in [-0.4, -0.2) is 22.6 Å². The van der Waals surface area contributed by atoms with Crippen LogP contribution in [-0.2, 0) is 0 Å². The van der Waals surface area contributed by atoms with Crippen LogP contribution in [0.1, 0.15) is 42.5 Å². The predicted molar refractivity (Wildman–Crippen MR) is 72.1 cm³/mol. The van der Waals surface area contributed by atoms with E-state index in [0.29, 0.717) is 12.5 Å². The molecule has 1 aliphatic rings. The number of carboxylic acids is 1. The van der Waals surface area contributed by atoms with Gasteiger partial charge in [-0.2, -0.15) is 0 Å². The molecular formula is C14H17NO5. The molecule has 0 unspecified atom stereocenters. The first-order valence-corrected chi connectivity index (χ1v) is 6.72. The van der Waals surface area contributed by atoms with Crippen molar-refractivity contribution in [2.24, 2.45) is 5.92 Å². The number of ether oxygens (including phenoxy) is 1. The van der Waals surface area contributed by atoms with Gasteiger partial charge in [-0.1, -0.05) is 19.3 Å². The Morgan fingerprint density at radius 2 is 2.05 bits per heavy atom. The molecule has 2 rings (SSSR count). The number of nitro groups is 1. The fourth-order valence-electron chi connectivity index (χ4n) is 2.48. The van der Waals surface area contributed by atoms with Gasteiger partial charge in [0.2, 0.25) is 0 Å². The molecular weight excluding hydrogens is 262 g/mol. The molecule has 0 heterocycles. The maximum Gasteiger partial charge on any atom is 0.335 e. The Hall–Kier alpha value is -2.11. The molecule has 1 aromatic rings. The van der Waals surface area contributed by atoms with E-state index in [1.807, 2.05) is 0 Å². The summed E-state index contributed by atoms with van der Waals surface area (Å²) in [6.07, 6.45) is 5.67. The fourth-order valence-corrected chi connectivity index (χ4v) is 2.48. The topological polar surface area (TPSA) is 89.7 Å². The van der Waals surface area contributed by atoms with Crippen molar-refractivity contribution in [1.82, 2.24) is 0 Å². The molecule has 20 heavy (non-hydrogen) atoms. The molecule has 0 aromatic heterocycles. The minimum atomic E-state index is -1.12. The first-order valence-electron chi connectivity index (χ1n) is 6.72. The minimum Gasteiger partial charge on any atom is -0.487 e. The van der Waals surface area contributed by atoms with Gasteiger partial charge in [-0.05, 0) is 24.8 Å². The van der Waals surface area contributed by atoms with Crippen LogP contribution in [0.25, 0.3) is 0 Å². The van der Waals surface area contributed by atoms with Crippen LogP contribution in [0, 0.1) is 16.0 Å². The van der Waals surface area contributed by atoms with E-state index in [2.05, 4.69) is 0 Å². The molecule has 6 nitrogen and oxygen atoms in total. The quantitative estimate of drug-likeness (QED) is 0.660. The Kier molecular flexibility index (Phi) is 4.55. The lowest BCUT2D eigenvalue weighted by Gasteiger charge is -2.21. The van der Waals surface area contributed by atoms with Crippen LogP contribution in [0.4, 0.5) is 5.69 Å². The summed E-state index contributed by atoms with van der Waals surface area (Å²) in [6, 6.07) is 3.62. The average molecular weight is 279 g/mol. The van der Waals surface area contributed by atoms with Crippen LogP contribution < -0.4 is 4.74 Å². The van der Waals surface area contributed by atoms with Gasteiger partial charge in [0.1, 0.15) is 0 Å². The second kappa shape index (κ2) is 6.36. The lowest BCUT2D eigenvalue weighted by atomic mass is 9.90. The molecule has 1 saturated carbocycles. The number of hydrogen-bond donors (Lipinski definition) is 1. The van der Waals surface area contributed by atoms with Crippen molar-refractivity contribution in [2.75, 3.05) is 6.61 Å². The first kappa shape index (κ1) is 14.3. The SMILES string of the molecule is O=C(O)c1ccc([N+](=O)[O-])c(OCC2CCCCC2)c1. The van der Waals surface area contributed by atoms with Crippen molar-refractivity contribution in [2.45, 2.75) is 32.1 Å². The molecule has 0 bridgehead atoms. The molecule has 1 fully saturated rings. The van der Waals surface area contributed by atoms with Gasteiger partial charge < -0.3 is 9.84 Å². The Labute approximate surface area is 116 Å². The lowest BCUT2D eigenvalue weighted by Crippen LogP contribution is -2.16. The summed E-state index contributed by atoms with van der Waals surface area (Å²) in [7, 11) is 0. The molecule has 1 N–H and O–H groups in total. The Morgan fingerprint density at radius 3 is 2.65 bits per heavy atom. The Balaban J connectivity index is 2.12. The molecule has 0 atom stereocenters. The Morgan fingerprint density at radius 1 is 1.35 bits per heavy atom. The van der Waals surface area contributed by atoms with Gasteiger partial charge in [-0.25, -0.2) is 4.79 Å². The van der Waals surface area contributed by atoms with E-state index in [1.165, 1.54) is 24.6 Å². The molecule has 6 heteroatoms. The van der Waals surface area contributed by atoms with E-state index in [0.717, 1.165) is 25.7 Å². The standard InChI is InChI=1S/C14H17NO5/c16-14(17)11-6-7-12(15(18)19)13(8-11)20-9-10-4-2-1-3-5-10/h6-8,10H,1-5,9H2,(H,16,17). The van der Waals surface area contributed by atoms with Crippen molar-refractivity contribution in [3.8, 4) is 5.75 Å². The van der Waals surface area contributed by atoms with Crippen LogP contribution in [0.2, 0.25) is 0 Å². The highest BCUT2D eigenvalue weighted by molar-refractivity contribution is 5.88. The van der Waals surface area contributed by atoms with Crippen molar-refractivity contribution in [3.05, 3.63) is 33.9 Å². The number of nitro benzene ring substituents is 1. The summed E-state index contributed by atoms with van der Waals surface area (Å²) in [5, 5.41) is 19.9. The zero-order valence-electron chi connectivity index (χ0n) is 11.1. The van der Waals surface area contributed by atoms with Gasteiger partial charge >= 0.3 is 11.7 Å². The molecule has 0 radical (unpaired) electrons. The molecule has 1 aromatic carbocycles. The summed E-state index contributed by atoms with van der Waals surface area (Å²) in [5.41, 5.74) is -0.194. The van der Waals surface area contributed by atoms with Gasteiger partial charge in [-0.15, -0.1) is 0 Å². The smallest absolute Gasteiger partial charge is 0.335 e. The van der Waals surface area contributed by atoms with Crippen molar-refractivity contribution in [3.63, 3.8) is 0 Å². The fraction of sp³-hybridized carbons (Fsp3) is 0.500. The lowest BCUT2D eigenvalue weighted by molar-refractivity contribution is -0.385. The molecule has 0 amide bonds. The third-order valence-corrected chi connectivity index (χ3v) is 3.60. The van der Waals surface area contributed by atoms with E-state index in [-0.39, 0.29) is 17.0 Å². The zero-order valence-corrected chi connectivity index (χ0v) is 11.1. The monoisotopic (exact) mass is 279 g/mol. The highest BCUT2D eigenvalue weighted by atomic mass is 16.6.